The number of nitriles is 1. The van der Waals surface area contributed by atoms with E-state index >= 15 is 0 Å². The molecule has 7 heteroatoms. The van der Waals surface area contributed by atoms with Gasteiger partial charge in [0.1, 0.15) is 11.7 Å². The van der Waals surface area contributed by atoms with Crippen molar-refractivity contribution in [3.05, 3.63) is 33.9 Å². The maximum Gasteiger partial charge on any atom is 0.293 e. The first-order chi connectivity index (χ1) is 9.35. The van der Waals surface area contributed by atoms with Crippen LogP contribution in [-0.2, 0) is 4.79 Å². The van der Waals surface area contributed by atoms with Crippen molar-refractivity contribution in [2.24, 2.45) is 0 Å². The summed E-state index contributed by atoms with van der Waals surface area (Å²) in [5, 5.41) is 25.2. The maximum absolute atomic E-state index is 11.8. The Morgan fingerprint density at radius 1 is 1.40 bits per heavy atom. The van der Waals surface area contributed by atoms with Crippen molar-refractivity contribution in [1.82, 2.24) is 5.32 Å². The van der Waals surface area contributed by atoms with Crippen molar-refractivity contribution in [2.45, 2.75) is 32.9 Å². The Balaban J connectivity index is 2.95. The summed E-state index contributed by atoms with van der Waals surface area (Å²) in [4.78, 5) is 22.2. The van der Waals surface area contributed by atoms with E-state index in [-0.39, 0.29) is 28.9 Å². The van der Waals surface area contributed by atoms with Crippen LogP contribution in [0.3, 0.4) is 0 Å². The summed E-state index contributed by atoms with van der Waals surface area (Å²) in [6, 6.07) is 5.27. The molecule has 0 heterocycles. The van der Waals surface area contributed by atoms with Gasteiger partial charge < -0.3 is 10.6 Å². The van der Waals surface area contributed by atoms with Crippen LogP contribution < -0.4 is 10.6 Å². The fourth-order valence-electron chi connectivity index (χ4n) is 1.58. The van der Waals surface area contributed by atoms with Gasteiger partial charge in [-0.1, -0.05) is 0 Å². The minimum atomic E-state index is -0.621. The number of carbonyl (C=O) groups is 1. The molecule has 0 saturated carbocycles. The van der Waals surface area contributed by atoms with Gasteiger partial charge in [0.05, 0.1) is 16.6 Å². The molecule has 0 saturated heterocycles. The number of benzene rings is 1. The van der Waals surface area contributed by atoms with Crippen LogP contribution in [0.25, 0.3) is 0 Å². The third-order valence-electron chi connectivity index (χ3n) is 2.52. The summed E-state index contributed by atoms with van der Waals surface area (Å²) in [7, 11) is 0. The standard InChI is InChI=1S/C13H16N4O3/c1-8(2)15-13(18)9(3)16-11-5-4-10(7-14)6-12(11)17(19)20/h4-6,8-9,16H,1-3H3,(H,15,18). The zero-order chi connectivity index (χ0) is 15.3. The van der Waals surface area contributed by atoms with Crippen LogP contribution in [0.4, 0.5) is 11.4 Å². The van der Waals surface area contributed by atoms with Crippen LogP contribution in [0, 0.1) is 21.4 Å². The number of nitrogens with zero attached hydrogens (tertiary/aromatic N) is 2. The Hall–Kier alpha value is -2.62. The molecule has 2 N–H and O–H groups in total. The third kappa shape index (κ3) is 3.95. The minimum absolute atomic E-state index is 0.0114. The molecule has 1 unspecified atom stereocenters. The average molecular weight is 276 g/mol. The molecule has 0 aliphatic heterocycles. The number of anilines is 1. The Morgan fingerprint density at radius 2 is 2.05 bits per heavy atom. The van der Waals surface area contributed by atoms with E-state index in [9.17, 15) is 14.9 Å². The van der Waals surface area contributed by atoms with Crippen molar-refractivity contribution in [3.63, 3.8) is 0 Å². The van der Waals surface area contributed by atoms with Gasteiger partial charge in [-0.15, -0.1) is 0 Å². The molecule has 0 spiro atoms. The summed E-state index contributed by atoms with van der Waals surface area (Å²) < 4.78 is 0. The Morgan fingerprint density at radius 3 is 2.55 bits per heavy atom. The highest BCUT2D eigenvalue weighted by Gasteiger charge is 2.19. The molecular formula is C13H16N4O3. The first kappa shape index (κ1) is 15.4. The van der Waals surface area contributed by atoms with Crippen molar-refractivity contribution in [2.75, 3.05) is 5.32 Å². The lowest BCUT2D eigenvalue weighted by molar-refractivity contribution is -0.384. The number of amides is 1. The monoisotopic (exact) mass is 276 g/mol. The van der Waals surface area contributed by atoms with Crippen molar-refractivity contribution >= 4 is 17.3 Å². The van der Waals surface area contributed by atoms with E-state index in [1.54, 1.807) is 6.92 Å². The van der Waals surface area contributed by atoms with E-state index < -0.39 is 11.0 Å². The summed E-state index contributed by atoms with van der Waals surface area (Å²) in [6.45, 7) is 5.27. The van der Waals surface area contributed by atoms with E-state index in [4.69, 9.17) is 5.26 Å². The topological polar surface area (TPSA) is 108 Å². The lowest BCUT2D eigenvalue weighted by Gasteiger charge is -2.17. The molecule has 20 heavy (non-hydrogen) atoms. The van der Waals surface area contributed by atoms with Gasteiger partial charge in [-0.05, 0) is 32.9 Å². The molecule has 1 amide bonds. The number of nitro benzene ring substituents is 1. The summed E-state index contributed by atoms with van der Waals surface area (Å²) in [5.41, 5.74) is 0.176. The Labute approximate surface area is 116 Å². The van der Waals surface area contributed by atoms with E-state index in [0.29, 0.717) is 0 Å². The third-order valence-corrected chi connectivity index (χ3v) is 2.52. The minimum Gasteiger partial charge on any atom is -0.368 e. The molecule has 0 bridgehead atoms. The highest BCUT2D eigenvalue weighted by Crippen LogP contribution is 2.25. The Bertz CT molecular complexity index is 563. The highest BCUT2D eigenvalue weighted by molar-refractivity contribution is 5.85. The van der Waals surface area contributed by atoms with Crippen LogP contribution in [0.2, 0.25) is 0 Å². The molecule has 0 fully saturated rings. The van der Waals surface area contributed by atoms with Crippen molar-refractivity contribution in [3.8, 4) is 6.07 Å². The highest BCUT2D eigenvalue weighted by atomic mass is 16.6. The van der Waals surface area contributed by atoms with Crippen LogP contribution in [0.1, 0.15) is 26.3 Å². The molecule has 1 aromatic carbocycles. The smallest absolute Gasteiger partial charge is 0.293 e. The molecule has 0 radical (unpaired) electrons. The van der Waals surface area contributed by atoms with Gasteiger partial charge in [0.25, 0.3) is 5.69 Å². The van der Waals surface area contributed by atoms with Gasteiger partial charge in [0, 0.05) is 12.1 Å². The first-order valence-electron chi connectivity index (χ1n) is 6.10. The zero-order valence-corrected chi connectivity index (χ0v) is 11.5. The normalized spacial score (nSPS) is 11.6. The average Bonchev–Trinajstić information content (AvgIpc) is 2.37. The van der Waals surface area contributed by atoms with Crippen LogP contribution in [-0.4, -0.2) is 22.9 Å². The second-order valence-corrected chi connectivity index (χ2v) is 4.63. The second kappa shape index (κ2) is 6.52. The van der Waals surface area contributed by atoms with Gasteiger partial charge in [-0.2, -0.15) is 5.26 Å². The van der Waals surface area contributed by atoms with Crippen molar-refractivity contribution < 1.29 is 9.72 Å². The van der Waals surface area contributed by atoms with Gasteiger partial charge in [-0.25, -0.2) is 0 Å². The van der Waals surface area contributed by atoms with Crippen LogP contribution in [0.15, 0.2) is 18.2 Å². The molecule has 0 aromatic heterocycles. The van der Waals surface area contributed by atoms with E-state index in [1.807, 2.05) is 19.9 Å². The molecule has 1 atom stereocenters. The molecular weight excluding hydrogens is 260 g/mol. The molecule has 106 valence electrons. The van der Waals surface area contributed by atoms with Gasteiger partial charge in [0.2, 0.25) is 5.91 Å². The van der Waals surface area contributed by atoms with Gasteiger partial charge >= 0.3 is 0 Å². The second-order valence-electron chi connectivity index (χ2n) is 4.63. The van der Waals surface area contributed by atoms with Crippen molar-refractivity contribution in [1.29, 1.82) is 5.26 Å². The summed E-state index contributed by atoms with van der Waals surface area (Å²) >= 11 is 0. The predicted octanol–water partition coefficient (Wildman–Crippen LogP) is 1.79. The number of hydrogen-bond acceptors (Lipinski definition) is 5. The first-order valence-corrected chi connectivity index (χ1v) is 6.10. The Kier molecular flexibility index (Phi) is 5.03. The fourth-order valence-corrected chi connectivity index (χ4v) is 1.58. The van der Waals surface area contributed by atoms with E-state index in [0.717, 1.165) is 0 Å². The molecule has 7 nitrogen and oxygen atoms in total. The number of nitrogens with one attached hydrogen (secondary N) is 2. The molecule has 0 aliphatic rings. The number of carbonyl (C=O) groups excluding carboxylic acids is 1. The summed E-state index contributed by atoms with van der Waals surface area (Å²) in [5.74, 6) is -0.251. The van der Waals surface area contributed by atoms with Crippen LogP contribution >= 0.6 is 0 Å². The molecule has 1 rings (SSSR count). The maximum atomic E-state index is 11.8. The zero-order valence-electron chi connectivity index (χ0n) is 11.5. The molecule has 0 aliphatic carbocycles. The van der Waals surface area contributed by atoms with Gasteiger partial charge in [0.15, 0.2) is 0 Å². The van der Waals surface area contributed by atoms with Gasteiger partial charge in [-0.3, -0.25) is 14.9 Å². The predicted molar refractivity (Wildman–Crippen MR) is 74.2 cm³/mol. The number of hydrogen-bond donors (Lipinski definition) is 2. The summed E-state index contributed by atoms with van der Waals surface area (Å²) in [6.07, 6.45) is 0. The SMILES string of the molecule is CC(C)NC(=O)C(C)Nc1ccc(C#N)cc1[N+](=O)[O-]. The van der Waals surface area contributed by atoms with Crippen LogP contribution in [0.5, 0.6) is 0 Å². The number of rotatable bonds is 5. The lowest BCUT2D eigenvalue weighted by Crippen LogP contribution is -2.41. The quantitative estimate of drug-likeness (QED) is 0.629. The largest absolute Gasteiger partial charge is 0.368 e. The number of nitro groups is 1. The molecule has 1 aromatic rings. The lowest BCUT2D eigenvalue weighted by atomic mass is 10.1. The fraction of sp³-hybridized carbons (Fsp3) is 0.385. The van der Waals surface area contributed by atoms with E-state index in [1.165, 1.54) is 18.2 Å². The van der Waals surface area contributed by atoms with E-state index in [2.05, 4.69) is 10.6 Å².